The van der Waals surface area contributed by atoms with Crippen molar-refractivity contribution in [3.63, 3.8) is 0 Å². The molecule has 49 heavy (non-hydrogen) atoms. The molecule has 1 aromatic carbocycles. The van der Waals surface area contributed by atoms with Crippen molar-refractivity contribution in [3.05, 3.63) is 64.1 Å². The summed E-state index contributed by atoms with van der Waals surface area (Å²) in [5.74, 6) is -0.881. The normalized spacial score (nSPS) is 19.0. The summed E-state index contributed by atoms with van der Waals surface area (Å²) in [6.45, 7) is 14.2. The van der Waals surface area contributed by atoms with Crippen LogP contribution in [0.3, 0.4) is 0 Å². The second kappa shape index (κ2) is 13.1. The largest absolute Gasteiger partial charge is 0.465 e. The Labute approximate surface area is 289 Å². The fourth-order valence-corrected chi connectivity index (χ4v) is 7.48. The summed E-state index contributed by atoms with van der Waals surface area (Å²) in [6, 6.07) is 7.92. The predicted octanol–water partition coefficient (Wildman–Crippen LogP) is 6.93. The molecule has 1 saturated heterocycles. The molecule has 0 radical (unpaired) electrons. The number of piperazine rings is 1. The maximum atomic E-state index is 15.1. The number of pyridine rings is 2. The third kappa shape index (κ3) is 7.13. The van der Waals surface area contributed by atoms with Crippen LogP contribution in [0.1, 0.15) is 71.2 Å². The number of nitrogens with one attached hydrogen (secondary N) is 1. The van der Waals surface area contributed by atoms with Gasteiger partial charge in [-0.1, -0.05) is 37.6 Å². The van der Waals surface area contributed by atoms with Crippen molar-refractivity contribution in [1.82, 2.24) is 19.8 Å². The molecule has 5 rings (SSSR count). The number of anilines is 3. The zero-order chi connectivity index (χ0) is 36.2. The van der Waals surface area contributed by atoms with Crippen LogP contribution in [-0.2, 0) is 14.9 Å². The van der Waals surface area contributed by atoms with Crippen LogP contribution < -0.4 is 9.62 Å². The number of carbonyl (C=O) groups is 2. The molecule has 13 nitrogen and oxygen atoms in total. The lowest BCUT2D eigenvalue weighted by atomic mass is 10.0. The Balaban J connectivity index is 1.74. The number of fused-ring (bicyclic) bond motifs is 1. The van der Waals surface area contributed by atoms with Gasteiger partial charge in [-0.3, -0.25) is 5.32 Å². The Bertz CT molecular complexity index is 1970. The first-order valence-electron chi connectivity index (χ1n) is 15.7. The molecule has 16 heteroatoms. The number of benzene rings is 1. The fraction of sp³-hybridized carbons (Fsp3) is 0.424. The van der Waals surface area contributed by atoms with Crippen LogP contribution in [0.25, 0.3) is 11.3 Å². The van der Waals surface area contributed by atoms with Crippen molar-refractivity contribution >= 4 is 57.2 Å². The van der Waals surface area contributed by atoms with Crippen LogP contribution in [-0.4, -0.2) is 82.1 Å². The summed E-state index contributed by atoms with van der Waals surface area (Å²) in [4.78, 5) is 36.9. The fourth-order valence-electron chi connectivity index (χ4n) is 5.90. The molecule has 2 N–H and O–H groups in total. The van der Waals surface area contributed by atoms with E-state index in [2.05, 4.69) is 14.7 Å². The molecule has 1 fully saturated rings. The highest BCUT2D eigenvalue weighted by Gasteiger charge is 2.43. The second-order valence-corrected chi connectivity index (χ2v) is 15.3. The van der Waals surface area contributed by atoms with Crippen molar-refractivity contribution in [2.75, 3.05) is 22.7 Å². The van der Waals surface area contributed by atoms with Gasteiger partial charge >= 0.3 is 22.4 Å². The molecule has 0 spiro atoms. The van der Waals surface area contributed by atoms with E-state index in [-0.39, 0.29) is 64.0 Å². The van der Waals surface area contributed by atoms with Crippen molar-refractivity contribution in [1.29, 1.82) is 0 Å². The number of carbonyl (C=O) groups excluding carboxylic acids is 1. The van der Waals surface area contributed by atoms with Crippen LogP contribution in [0.5, 0.6) is 0 Å². The first kappa shape index (κ1) is 35.8. The van der Waals surface area contributed by atoms with Crippen LogP contribution >= 0.6 is 11.6 Å². The molecule has 0 saturated carbocycles. The maximum absolute atomic E-state index is 15.1. The van der Waals surface area contributed by atoms with Crippen LogP contribution in [0.4, 0.5) is 31.3 Å². The summed E-state index contributed by atoms with van der Waals surface area (Å²) in [5, 5.41) is 12.4. The van der Waals surface area contributed by atoms with Gasteiger partial charge in [0.15, 0.2) is 11.7 Å². The molecule has 262 valence electrons. The maximum Gasteiger partial charge on any atom is 0.413 e. The molecule has 0 bridgehead atoms. The highest BCUT2D eigenvalue weighted by atomic mass is 35.5. The van der Waals surface area contributed by atoms with Gasteiger partial charge < -0.3 is 19.6 Å². The first-order chi connectivity index (χ1) is 22.8. The summed E-state index contributed by atoms with van der Waals surface area (Å²) < 4.78 is 54.7. The Morgan fingerprint density at radius 3 is 2.37 bits per heavy atom. The zero-order valence-electron chi connectivity index (χ0n) is 28.4. The molecule has 2 aliphatic rings. The minimum atomic E-state index is -4.62. The average molecular weight is 716 g/mol. The van der Waals surface area contributed by atoms with Crippen molar-refractivity contribution in [2.45, 2.75) is 79.0 Å². The van der Waals surface area contributed by atoms with Gasteiger partial charge in [0.2, 0.25) is 0 Å². The van der Waals surface area contributed by atoms with E-state index in [1.165, 1.54) is 35.2 Å². The van der Waals surface area contributed by atoms with Crippen LogP contribution in [0.2, 0.25) is 5.02 Å². The lowest BCUT2D eigenvalue weighted by molar-refractivity contribution is 0.0634. The van der Waals surface area contributed by atoms with E-state index in [1.807, 2.05) is 13.8 Å². The Morgan fingerprint density at radius 2 is 1.76 bits per heavy atom. The lowest BCUT2D eigenvalue weighted by Crippen LogP contribution is -2.60. The van der Waals surface area contributed by atoms with Gasteiger partial charge in [0.25, 0.3) is 0 Å². The number of ether oxygens (including phenoxy) is 1. The number of aryl methyl sites for hydroxylation is 1. The van der Waals surface area contributed by atoms with E-state index in [4.69, 9.17) is 21.3 Å². The summed E-state index contributed by atoms with van der Waals surface area (Å²) >= 11 is 6.77. The molecule has 0 aliphatic carbocycles. The first-order valence-corrected chi connectivity index (χ1v) is 17.4. The van der Waals surface area contributed by atoms with Crippen LogP contribution in [0.15, 0.2) is 40.8 Å². The van der Waals surface area contributed by atoms with E-state index >= 15 is 4.39 Å². The van der Waals surface area contributed by atoms with Gasteiger partial charge in [-0.05, 0) is 77.3 Å². The zero-order valence-corrected chi connectivity index (χ0v) is 30.0. The third-order valence-electron chi connectivity index (χ3n) is 8.04. The van der Waals surface area contributed by atoms with Gasteiger partial charge in [0.05, 0.1) is 27.7 Å². The summed E-state index contributed by atoms with van der Waals surface area (Å²) in [6.07, 6.45) is -1.82. The van der Waals surface area contributed by atoms with E-state index in [0.29, 0.717) is 11.3 Å². The highest BCUT2D eigenvalue weighted by molar-refractivity contribution is 7.92. The molecule has 0 unspecified atom stereocenters. The van der Waals surface area contributed by atoms with Crippen molar-refractivity contribution in [2.24, 2.45) is 4.40 Å². The number of hydrogen-bond donors (Lipinski definition) is 2. The lowest BCUT2D eigenvalue weighted by Gasteiger charge is -2.45. The SMILES string of the molecule is Cc1cc(NC(=O)OC(C)(C)C)nc(C(C)C)c1N1c2nc(-c3ccccc3F)c(Cl)cc2C(N2C[C@@H](C)N(C(=O)O)C[C@@H]2C)=NS1(=O)=O. The summed E-state index contributed by atoms with van der Waals surface area (Å²) in [5.41, 5.74) is 0.425. The number of hydrogen-bond acceptors (Lipinski definition) is 8. The van der Waals surface area contributed by atoms with Crippen LogP contribution in [0, 0.1) is 12.7 Å². The number of nitrogens with zero attached hydrogens (tertiary/aromatic N) is 6. The smallest absolute Gasteiger partial charge is 0.413 e. The number of amides is 2. The van der Waals surface area contributed by atoms with E-state index < -0.39 is 45.9 Å². The van der Waals surface area contributed by atoms with Gasteiger partial charge in [0, 0.05) is 30.7 Å². The van der Waals surface area contributed by atoms with Crippen molar-refractivity contribution in [3.8, 4) is 11.3 Å². The van der Waals surface area contributed by atoms with E-state index in [1.54, 1.807) is 52.5 Å². The molecular weight excluding hydrogens is 677 g/mol. The Hall–Kier alpha value is -4.50. The number of amidine groups is 1. The Kier molecular flexibility index (Phi) is 9.56. The van der Waals surface area contributed by atoms with Gasteiger partial charge in [-0.25, -0.2) is 23.9 Å². The van der Waals surface area contributed by atoms with Gasteiger partial charge in [0.1, 0.15) is 17.2 Å². The number of rotatable bonds is 4. The minimum absolute atomic E-state index is 0.0111. The molecular formula is C33H39ClFN7O6S. The summed E-state index contributed by atoms with van der Waals surface area (Å²) in [7, 11) is -4.62. The second-order valence-electron chi connectivity index (χ2n) is 13.5. The number of carboxylic acid groups (broad SMARTS) is 1. The van der Waals surface area contributed by atoms with Gasteiger partial charge in [-0.15, -0.1) is 4.40 Å². The highest BCUT2D eigenvalue weighted by Crippen LogP contribution is 2.44. The topological polar surface area (TPSA) is 158 Å². The number of aromatic nitrogens is 2. The molecule has 3 aromatic rings. The average Bonchev–Trinajstić information content (AvgIpc) is 2.97. The third-order valence-corrected chi connectivity index (χ3v) is 9.55. The minimum Gasteiger partial charge on any atom is -0.465 e. The molecule has 2 atom stereocenters. The number of halogens is 2. The molecule has 2 aromatic heterocycles. The molecule has 2 aliphatic heterocycles. The molecule has 2 amide bonds. The molecule has 4 heterocycles. The standard InChI is InChI=1S/C33H39ClFN7O6S/c1-17(2)26-28(18(3)13-25(36-26)37-31(43)48-33(6,7)8)42-29-22(14-23(34)27(38-29)21-11-9-10-12-24(21)35)30(39-49(42,46)47)40-15-20(5)41(32(44)45)16-19(40)4/h9-14,17,19-20H,15-16H2,1-8H3,(H,44,45)(H,36,37,43)/t19-,20+/m0/s1. The van der Waals surface area contributed by atoms with E-state index in [0.717, 1.165) is 4.31 Å². The Morgan fingerprint density at radius 1 is 1.08 bits per heavy atom. The van der Waals surface area contributed by atoms with Gasteiger partial charge in [-0.2, -0.15) is 12.7 Å². The quantitative estimate of drug-likeness (QED) is 0.292. The van der Waals surface area contributed by atoms with Crippen molar-refractivity contribution < 1.29 is 32.2 Å². The monoisotopic (exact) mass is 715 g/mol. The predicted molar refractivity (Wildman–Crippen MR) is 186 cm³/mol. The van der Waals surface area contributed by atoms with E-state index in [9.17, 15) is 23.1 Å².